The first-order valence-corrected chi connectivity index (χ1v) is 14.1. The number of ether oxygens (including phenoxy) is 1. The number of allylic oxidation sites excluding steroid dienone is 3. The molecule has 5 aliphatic carbocycles. The maximum absolute atomic E-state index is 14.3. The molecule has 0 aromatic heterocycles. The smallest absolute Gasteiger partial charge is 0.312 e. The molecule has 0 amide bonds. The van der Waals surface area contributed by atoms with Gasteiger partial charge in [0.25, 0.3) is 0 Å². The minimum absolute atomic E-state index is 0.0184. The molecule has 0 spiro atoms. The van der Waals surface area contributed by atoms with E-state index in [2.05, 4.69) is 61.1 Å². The Balaban J connectivity index is 1.65. The number of fused-ring (bicyclic) bond motifs is 7. The first-order chi connectivity index (χ1) is 16.1. The Morgan fingerprint density at radius 3 is 2.29 bits per heavy atom. The highest BCUT2D eigenvalue weighted by molar-refractivity contribution is 5.96. The van der Waals surface area contributed by atoms with E-state index in [4.69, 9.17) is 4.74 Å². The number of ketones is 1. The number of methoxy groups -OCH3 is 1. The second-order valence-corrected chi connectivity index (χ2v) is 15.1. The summed E-state index contributed by atoms with van der Waals surface area (Å²) < 4.78 is 5.44. The van der Waals surface area contributed by atoms with E-state index in [1.807, 2.05) is 0 Å². The molecule has 0 heterocycles. The van der Waals surface area contributed by atoms with Gasteiger partial charge < -0.3 is 4.74 Å². The SMILES string of the molecule is C=C1CC[C@]2(C)C3=CC(=O)[C@@H]4[C@@H]5CC(C)(C)CC[C@]5(C(=O)OC)CC[C@@]4(C)[C@]3(C)CC[C@H]2C1(C)C. The van der Waals surface area contributed by atoms with Gasteiger partial charge in [-0.05, 0) is 103 Å². The van der Waals surface area contributed by atoms with Gasteiger partial charge in [0, 0.05) is 5.92 Å². The highest BCUT2D eigenvalue weighted by atomic mass is 16.5. The zero-order valence-electron chi connectivity index (χ0n) is 23.6. The molecule has 7 atom stereocenters. The van der Waals surface area contributed by atoms with Gasteiger partial charge in [-0.2, -0.15) is 0 Å². The van der Waals surface area contributed by atoms with E-state index in [1.54, 1.807) is 0 Å². The van der Waals surface area contributed by atoms with Gasteiger partial charge in [-0.1, -0.05) is 66.2 Å². The van der Waals surface area contributed by atoms with Crippen molar-refractivity contribution < 1.29 is 14.3 Å². The van der Waals surface area contributed by atoms with Gasteiger partial charge in [0.15, 0.2) is 5.78 Å². The van der Waals surface area contributed by atoms with E-state index in [-0.39, 0.29) is 44.9 Å². The van der Waals surface area contributed by atoms with Crippen LogP contribution >= 0.6 is 0 Å². The van der Waals surface area contributed by atoms with E-state index in [0.29, 0.717) is 11.7 Å². The van der Waals surface area contributed by atoms with Crippen molar-refractivity contribution in [3.05, 3.63) is 23.8 Å². The number of hydrogen-bond acceptors (Lipinski definition) is 3. The van der Waals surface area contributed by atoms with Crippen molar-refractivity contribution in [1.82, 2.24) is 0 Å². The van der Waals surface area contributed by atoms with Gasteiger partial charge in [0.1, 0.15) is 0 Å². The summed E-state index contributed by atoms with van der Waals surface area (Å²) in [6, 6.07) is 0. The number of hydrogen-bond donors (Lipinski definition) is 0. The van der Waals surface area contributed by atoms with Crippen LogP contribution < -0.4 is 0 Å². The Bertz CT molecular complexity index is 1020. The third kappa shape index (κ3) is 3.02. The van der Waals surface area contributed by atoms with Gasteiger partial charge in [0.05, 0.1) is 12.5 Å². The second kappa shape index (κ2) is 7.35. The molecule has 194 valence electrons. The van der Waals surface area contributed by atoms with Crippen LogP contribution in [0.2, 0.25) is 0 Å². The lowest BCUT2D eigenvalue weighted by atomic mass is 9.33. The highest BCUT2D eigenvalue weighted by Gasteiger charge is 2.70. The van der Waals surface area contributed by atoms with E-state index >= 15 is 0 Å². The van der Waals surface area contributed by atoms with Crippen LogP contribution in [-0.4, -0.2) is 18.9 Å². The van der Waals surface area contributed by atoms with Crippen molar-refractivity contribution in [2.75, 3.05) is 7.11 Å². The Labute approximate surface area is 213 Å². The fourth-order valence-corrected chi connectivity index (χ4v) is 10.5. The molecule has 3 nitrogen and oxygen atoms in total. The molecule has 5 aliphatic rings. The number of esters is 1. The zero-order valence-corrected chi connectivity index (χ0v) is 23.6. The third-order valence-electron chi connectivity index (χ3n) is 13.0. The van der Waals surface area contributed by atoms with Crippen LogP contribution in [0.25, 0.3) is 0 Å². The van der Waals surface area contributed by atoms with Crippen molar-refractivity contribution in [1.29, 1.82) is 0 Å². The van der Waals surface area contributed by atoms with Crippen molar-refractivity contribution >= 4 is 11.8 Å². The van der Waals surface area contributed by atoms with Crippen LogP contribution in [-0.2, 0) is 14.3 Å². The van der Waals surface area contributed by atoms with E-state index in [1.165, 1.54) is 24.7 Å². The third-order valence-corrected chi connectivity index (χ3v) is 13.0. The fourth-order valence-electron chi connectivity index (χ4n) is 10.5. The summed E-state index contributed by atoms with van der Waals surface area (Å²) in [5, 5.41) is 0. The molecule has 35 heavy (non-hydrogen) atoms. The number of rotatable bonds is 1. The topological polar surface area (TPSA) is 43.4 Å². The van der Waals surface area contributed by atoms with Gasteiger partial charge in [-0.15, -0.1) is 0 Å². The van der Waals surface area contributed by atoms with Crippen molar-refractivity contribution in [2.24, 2.45) is 50.2 Å². The van der Waals surface area contributed by atoms with E-state index in [9.17, 15) is 9.59 Å². The summed E-state index contributed by atoms with van der Waals surface area (Å²) >= 11 is 0. The Morgan fingerprint density at radius 2 is 1.63 bits per heavy atom. The zero-order chi connectivity index (χ0) is 25.8. The highest BCUT2D eigenvalue weighted by Crippen LogP contribution is 2.75. The van der Waals surface area contributed by atoms with Crippen LogP contribution in [0.3, 0.4) is 0 Å². The Kier molecular flexibility index (Phi) is 5.31. The molecule has 0 unspecified atom stereocenters. The molecular weight excluding hydrogens is 432 g/mol. The Hall–Kier alpha value is -1.38. The van der Waals surface area contributed by atoms with E-state index in [0.717, 1.165) is 51.4 Å². The predicted molar refractivity (Wildman–Crippen MR) is 141 cm³/mol. The molecule has 3 heteroatoms. The molecule has 0 aromatic carbocycles. The minimum atomic E-state index is -0.502. The second-order valence-electron chi connectivity index (χ2n) is 15.1. The average Bonchev–Trinajstić information content (AvgIpc) is 2.77. The van der Waals surface area contributed by atoms with Crippen molar-refractivity contribution in [3.8, 4) is 0 Å². The van der Waals surface area contributed by atoms with Gasteiger partial charge in [-0.25, -0.2) is 0 Å². The molecule has 4 fully saturated rings. The first kappa shape index (κ1) is 25.3. The monoisotopic (exact) mass is 480 g/mol. The summed E-state index contributed by atoms with van der Waals surface area (Å²) in [7, 11) is 1.53. The molecular formula is C32H48O3. The number of carbonyl (C=O) groups excluding carboxylic acids is 2. The maximum atomic E-state index is 14.3. The van der Waals surface area contributed by atoms with Crippen molar-refractivity contribution in [3.63, 3.8) is 0 Å². The van der Waals surface area contributed by atoms with Crippen molar-refractivity contribution in [2.45, 2.75) is 106 Å². The van der Waals surface area contributed by atoms with Crippen LogP contribution in [0.5, 0.6) is 0 Å². The summed E-state index contributed by atoms with van der Waals surface area (Å²) in [6.45, 7) is 21.2. The summed E-state index contributed by atoms with van der Waals surface area (Å²) in [4.78, 5) is 27.7. The van der Waals surface area contributed by atoms with Crippen LogP contribution in [0.1, 0.15) is 106 Å². The first-order valence-electron chi connectivity index (χ1n) is 14.1. The van der Waals surface area contributed by atoms with E-state index < -0.39 is 5.41 Å². The predicted octanol–water partition coefficient (Wildman–Crippen LogP) is 7.70. The summed E-state index contributed by atoms with van der Waals surface area (Å²) in [5.74, 6) is 0.702. The van der Waals surface area contributed by atoms with Crippen LogP contribution in [0.15, 0.2) is 23.8 Å². The minimum Gasteiger partial charge on any atom is -0.469 e. The molecule has 0 radical (unpaired) electrons. The fraction of sp³-hybridized carbons (Fsp3) is 0.812. The average molecular weight is 481 g/mol. The molecule has 0 N–H and O–H groups in total. The van der Waals surface area contributed by atoms with Crippen LogP contribution in [0.4, 0.5) is 0 Å². The molecule has 4 saturated carbocycles. The van der Waals surface area contributed by atoms with Gasteiger partial charge >= 0.3 is 5.97 Å². The lowest BCUT2D eigenvalue weighted by Gasteiger charge is -2.69. The van der Waals surface area contributed by atoms with Crippen LogP contribution in [0, 0.1) is 50.2 Å². The standard InChI is InChI=1S/C32H48O3/c1-20-10-12-29(6)23(28(20,4)5)11-13-30(7)24(29)18-22(33)25-21-19-27(2,3)14-16-32(21,26(34)35-9)17-15-31(25,30)8/h18,21,23,25H,1,10-17,19H2,2-9H3/t21-,23-,25-,29-,30+,31+,32-/m0/s1. The molecule has 0 saturated heterocycles. The summed E-state index contributed by atoms with van der Waals surface area (Å²) in [5.41, 5.74) is 2.42. The molecule has 5 rings (SSSR count). The quantitative estimate of drug-likeness (QED) is 0.285. The maximum Gasteiger partial charge on any atom is 0.312 e. The lowest BCUT2D eigenvalue weighted by Crippen LogP contribution is -2.65. The summed E-state index contributed by atoms with van der Waals surface area (Å²) in [6.07, 6.45) is 11.1. The van der Waals surface area contributed by atoms with Gasteiger partial charge in [-0.3, -0.25) is 9.59 Å². The van der Waals surface area contributed by atoms with Gasteiger partial charge in [0.2, 0.25) is 0 Å². The largest absolute Gasteiger partial charge is 0.469 e. The molecule has 0 bridgehead atoms. The number of carbonyl (C=O) groups is 2. The lowest BCUT2D eigenvalue weighted by molar-refractivity contribution is -0.192. The Morgan fingerprint density at radius 1 is 0.971 bits per heavy atom. The molecule has 0 aromatic rings. The molecule has 0 aliphatic heterocycles. The normalized spacial score (nSPS) is 48.0.